The molecule has 0 rings (SSSR count). The second-order valence-electron chi connectivity index (χ2n) is 17.1. The van der Waals surface area contributed by atoms with Gasteiger partial charge >= 0.3 is 19.8 Å². The first kappa shape index (κ1) is 57.7. The smallest absolute Gasteiger partial charge is 0.462 e. The number of phosphoric ester groups is 1. The van der Waals surface area contributed by atoms with Crippen LogP contribution in [0.15, 0.2) is 60.8 Å². The summed E-state index contributed by atoms with van der Waals surface area (Å²) in [7, 11) is 1.44. The number of phosphoric acid groups is 1. The lowest BCUT2D eigenvalue weighted by Gasteiger charge is -2.24. The van der Waals surface area contributed by atoms with Crippen LogP contribution >= 0.6 is 7.82 Å². The molecule has 0 aromatic rings. The Morgan fingerprint density at radius 1 is 0.533 bits per heavy atom. The molecule has 0 saturated carbocycles. The van der Waals surface area contributed by atoms with Crippen LogP contribution in [0, 0.1) is 0 Å². The lowest BCUT2D eigenvalue weighted by molar-refractivity contribution is -0.870. The van der Waals surface area contributed by atoms with Crippen LogP contribution < -0.4 is 0 Å². The average molecular weight is 865 g/mol. The molecule has 0 saturated heterocycles. The van der Waals surface area contributed by atoms with Crippen LogP contribution in [0.2, 0.25) is 0 Å². The predicted molar refractivity (Wildman–Crippen MR) is 252 cm³/mol. The van der Waals surface area contributed by atoms with E-state index in [0.29, 0.717) is 17.4 Å². The van der Waals surface area contributed by atoms with Gasteiger partial charge in [0, 0.05) is 12.8 Å². The molecule has 0 amide bonds. The summed E-state index contributed by atoms with van der Waals surface area (Å²) >= 11 is 0. The minimum atomic E-state index is -4.39. The number of carbonyl (C=O) groups is 2. The molecule has 0 aliphatic carbocycles. The highest BCUT2D eigenvalue weighted by Gasteiger charge is 2.27. The van der Waals surface area contributed by atoms with Gasteiger partial charge in [0.2, 0.25) is 0 Å². The largest absolute Gasteiger partial charge is 0.472 e. The van der Waals surface area contributed by atoms with Gasteiger partial charge in [-0.3, -0.25) is 18.6 Å². The third-order valence-corrected chi connectivity index (χ3v) is 11.0. The van der Waals surface area contributed by atoms with Crippen molar-refractivity contribution in [1.82, 2.24) is 0 Å². The average Bonchev–Trinajstić information content (AvgIpc) is 3.20. The van der Waals surface area contributed by atoms with E-state index in [1.54, 1.807) is 0 Å². The summed E-state index contributed by atoms with van der Waals surface area (Å²) in [5.74, 6) is -0.850. The quantitative estimate of drug-likeness (QED) is 0.0212. The summed E-state index contributed by atoms with van der Waals surface area (Å²) in [6.07, 6.45) is 51.4. The van der Waals surface area contributed by atoms with Gasteiger partial charge in [0.15, 0.2) is 6.10 Å². The monoisotopic (exact) mass is 865 g/mol. The van der Waals surface area contributed by atoms with Crippen LogP contribution in [-0.4, -0.2) is 74.9 Å². The molecule has 0 aromatic heterocycles. The van der Waals surface area contributed by atoms with E-state index in [1.807, 2.05) is 21.1 Å². The molecule has 0 aromatic carbocycles. The van der Waals surface area contributed by atoms with Crippen molar-refractivity contribution in [1.29, 1.82) is 0 Å². The maximum Gasteiger partial charge on any atom is 0.472 e. The van der Waals surface area contributed by atoms with Crippen molar-refractivity contribution in [3.8, 4) is 0 Å². The van der Waals surface area contributed by atoms with Crippen LogP contribution in [-0.2, 0) is 32.7 Å². The molecule has 348 valence electrons. The molecule has 2 atom stereocenters. The molecule has 0 spiro atoms. The number of quaternary nitrogens is 1. The van der Waals surface area contributed by atoms with Crippen molar-refractivity contribution in [3.63, 3.8) is 0 Å². The Balaban J connectivity index is 4.32. The maximum atomic E-state index is 12.7. The Morgan fingerprint density at radius 3 is 1.47 bits per heavy atom. The molecular formula is C50H91NO8P+. The number of ether oxygens (including phenoxy) is 2. The fourth-order valence-corrected chi connectivity index (χ4v) is 7.04. The number of rotatable bonds is 43. The van der Waals surface area contributed by atoms with Gasteiger partial charge in [0.25, 0.3) is 0 Å². The lowest BCUT2D eigenvalue weighted by atomic mass is 10.1. The number of carbonyl (C=O) groups excluding carboxylic acids is 2. The third-order valence-electron chi connectivity index (χ3n) is 10.0. The fraction of sp³-hybridized carbons (Fsp3) is 0.760. The summed E-state index contributed by atoms with van der Waals surface area (Å²) in [4.78, 5) is 35.4. The van der Waals surface area contributed by atoms with Crippen molar-refractivity contribution in [2.24, 2.45) is 0 Å². The Kier molecular flexibility index (Phi) is 40.4. The summed E-state index contributed by atoms with van der Waals surface area (Å²) in [6, 6.07) is 0. The molecule has 10 heteroatoms. The summed E-state index contributed by atoms with van der Waals surface area (Å²) in [6.45, 7) is 4.26. The third kappa shape index (κ3) is 45.2. The highest BCUT2D eigenvalue weighted by Crippen LogP contribution is 2.43. The number of unbranched alkanes of at least 4 members (excludes halogenated alkanes) is 19. The first-order valence-electron chi connectivity index (χ1n) is 24.0. The topological polar surface area (TPSA) is 108 Å². The summed E-state index contributed by atoms with van der Waals surface area (Å²) in [5, 5.41) is 0. The summed E-state index contributed by atoms with van der Waals surface area (Å²) < 4.78 is 34.3. The Bertz CT molecular complexity index is 1210. The maximum absolute atomic E-state index is 12.7. The number of likely N-dealkylation sites (N-methyl/N-ethyl adjacent to an activating group) is 1. The minimum absolute atomic E-state index is 0.0211. The zero-order valence-electron chi connectivity index (χ0n) is 39.2. The van der Waals surface area contributed by atoms with Gasteiger partial charge in [0.05, 0.1) is 27.7 Å². The van der Waals surface area contributed by atoms with Crippen molar-refractivity contribution >= 4 is 19.8 Å². The van der Waals surface area contributed by atoms with Gasteiger partial charge in [-0.1, -0.05) is 164 Å². The van der Waals surface area contributed by atoms with Gasteiger partial charge in [-0.2, -0.15) is 0 Å². The van der Waals surface area contributed by atoms with Gasteiger partial charge in [-0.15, -0.1) is 0 Å². The van der Waals surface area contributed by atoms with Crippen LogP contribution in [0.4, 0.5) is 0 Å². The Hall–Kier alpha value is -2.29. The van der Waals surface area contributed by atoms with Gasteiger partial charge in [-0.25, -0.2) is 4.57 Å². The number of nitrogens with zero attached hydrogens (tertiary/aromatic N) is 1. The zero-order valence-corrected chi connectivity index (χ0v) is 40.1. The molecule has 60 heavy (non-hydrogen) atoms. The van der Waals surface area contributed by atoms with Crippen LogP contribution in [0.3, 0.4) is 0 Å². The van der Waals surface area contributed by atoms with E-state index in [4.69, 9.17) is 18.5 Å². The molecular weight excluding hydrogens is 774 g/mol. The van der Waals surface area contributed by atoms with E-state index in [-0.39, 0.29) is 32.0 Å². The molecule has 0 fully saturated rings. The van der Waals surface area contributed by atoms with E-state index in [9.17, 15) is 19.0 Å². The first-order chi connectivity index (χ1) is 29.0. The van der Waals surface area contributed by atoms with Gasteiger partial charge in [0.1, 0.15) is 19.8 Å². The molecule has 0 radical (unpaired) electrons. The fourth-order valence-electron chi connectivity index (χ4n) is 6.29. The number of esters is 2. The number of hydrogen-bond donors (Lipinski definition) is 1. The molecule has 9 nitrogen and oxygen atoms in total. The van der Waals surface area contributed by atoms with Gasteiger partial charge < -0.3 is 18.9 Å². The Morgan fingerprint density at radius 2 is 0.950 bits per heavy atom. The van der Waals surface area contributed by atoms with Crippen LogP contribution in [0.25, 0.3) is 0 Å². The minimum Gasteiger partial charge on any atom is -0.462 e. The van der Waals surface area contributed by atoms with Crippen LogP contribution in [0.1, 0.15) is 194 Å². The first-order valence-corrected chi connectivity index (χ1v) is 25.5. The van der Waals surface area contributed by atoms with Crippen molar-refractivity contribution < 1.29 is 42.1 Å². The highest BCUT2D eigenvalue weighted by molar-refractivity contribution is 7.47. The molecule has 0 aliphatic heterocycles. The number of hydrogen-bond acceptors (Lipinski definition) is 7. The van der Waals surface area contributed by atoms with Gasteiger partial charge in [-0.05, 0) is 77.0 Å². The molecule has 0 aliphatic rings. The molecule has 0 heterocycles. The van der Waals surface area contributed by atoms with E-state index in [2.05, 4.69) is 74.6 Å². The van der Waals surface area contributed by atoms with E-state index < -0.39 is 26.5 Å². The SMILES string of the molecule is CC/C=C\C/C=C\C/C=C\C/C=C\CCCCC(=O)OC(COC(=O)CCCCCCCCCCC/C=C\CCCCCCCCCC)COP(=O)(O)OCC[N+](C)(C)C. The molecule has 2 unspecified atom stereocenters. The molecule has 0 bridgehead atoms. The van der Waals surface area contributed by atoms with E-state index >= 15 is 0 Å². The highest BCUT2D eigenvalue weighted by atomic mass is 31.2. The normalized spacial score (nSPS) is 14.0. The standard InChI is InChI=1S/C50H90NO8P/c1-6-8-10-12-14-16-18-20-22-23-24-25-26-27-29-30-32-34-36-38-40-42-49(52)56-46-48(47-58-60(54,55)57-45-44-51(3,4)5)59-50(53)43-41-39-37-35-33-31-28-21-19-17-15-13-11-9-7-2/h9,11,15,17,21,23-24,28,33,35,48H,6-8,10,12-14,16,18-20,22,25-27,29-32,34,36-47H2,1-5H3/p+1/b11-9-,17-15-,24-23-,28-21-,35-33-. The zero-order chi connectivity index (χ0) is 44.3. The van der Waals surface area contributed by atoms with E-state index in [1.165, 1.54) is 103 Å². The summed E-state index contributed by atoms with van der Waals surface area (Å²) in [5.41, 5.74) is 0. The second kappa shape index (κ2) is 42.0. The Labute approximate surface area is 368 Å². The van der Waals surface area contributed by atoms with Crippen molar-refractivity contribution in [2.75, 3.05) is 47.5 Å². The van der Waals surface area contributed by atoms with Crippen LogP contribution in [0.5, 0.6) is 0 Å². The lowest BCUT2D eigenvalue weighted by Crippen LogP contribution is -2.37. The van der Waals surface area contributed by atoms with E-state index in [0.717, 1.165) is 57.8 Å². The van der Waals surface area contributed by atoms with Crippen molar-refractivity contribution in [2.45, 2.75) is 200 Å². The number of allylic oxidation sites excluding steroid dienone is 10. The molecule has 1 N–H and O–H groups in total. The second-order valence-corrected chi connectivity index (χ2v) is 18.6. The predicted octanol–water partition coefficient (Wildman–Crippen LogP) is 14.0. The van der Waals surface area contributed by atoms with Crippen molar-refractivity contribution in [3.05, 3.63) is 60.8 Å².